The topological polar surface area (TPSA) is 40.5 Å². The standard InChI is InChI=1S/C15H22O2/c16-12-9-14(13-7-3-1-4-8-13)15(17)10-5-2-6-11-15/h1,3-4,7-8,14,16-17H,2,5-6,9-12H2. The average molecular weight is 234 g/mol. The van der Waals surface area contributed by atoms with E-state index in [-0.39, 0.29) is 12.5 Å². The maximum atomic E-state index is 10.8. The predicted molar refractivity (Wildman–Crippen MR) is 68.9 cm³/mol. The molecule has 1 saturated carbocycles. The van der Waals surface area contributed by atoms with Gasteiger partial charge in [-0.2, -0.15) is 0 Å². The molecule has 0 amide bonds. The Morgan fingerprint density at radius 3 is 2.29 bits per heavy atom. The summed E-state index contributed by atoms with van der Waals surface area (Å²) in [6, 6.07) is 10.1. The zero-order chi connectivity index (χ0) is 12.1. The van der Waals surface area contributed by atoms with Crippen LogP contribution < -0.4 is 0 Å². The van der Waals surface area contributed by atoms with Crippen molar-refractivity contribution in [2.24, 2.45) is 0 Å². The molecule has 1 aromatic rings. The minimum atomic E-state index is -0.609. The van der Waals surface area contributed by atoms with Crippen LogP contribution in [-0.2, 0) is 0 Å². The third-order valence-electron chi connectivity index (χ3n) is 3.99. The first-order chi connectivity index (χ1) is 8.26. The molecule has 1 fully saturated rings. The lowest BCUT2D eigenvalue weighted by Gasteiger charge is -2.39. The van der Waals surface area contributed by atoms with Gasteiger partial charge in [0.05, 0.1) is 5.60 Å². The molecule has 1 aliphatic carbocycles. The molecule has 17 heavy (non-hydrogen) atoms. The molecule has 0 aromatic heterocycles. The van der Waals surface area contributed by atoms with E-state index in [1.165, 1.54) is 6.42 Å². The monoisotopic (exact) mass is 234 g/mol. The highest BCUT2D eigenvalue weighted by atomic mass is 16.3. The molecule has 1 aliphatic rings. The van der Waals surface area contributed by atoms with Crippen LogP contribution in [0.1, 0.15) is 50.0 Å². The number of hydrogen-bond acceptors (Lipinski definition) is 2. The molecule has 0 spiro atoms. The minimum absolute atomic E-state index is 0.0778. The fourth-order valence-electron chi connectivity index (χ4n) is 3.07. The van der Waals surface area contributed by atoms with Gasteiger partial charge in [0.25, 0.3) is 0 Å². The van der Waals surface area contributed by atoms with E-state index >= 15 is 0 Å². The average Bonchev–Trinajstić information content (AvgIpc) is 2.38. The largest absolute Gasteiger partial charge is 0.396 e. The predicted octanol–water partition coefficient (Wildman–Crippen LogP) is 2.85. The van der Waals surface area contributed by atoms with E-state index in [1.54, 1.807) is 0 Å². The van der Waals surface area contributed by atoms with Crippen molar-refractivity contribution in [2.45, 2.75) is 50.0 Å². The highest BCUT2D eigenvalue weighted by molar-refractivity contribution is 5.23. The number of hydrogen-bond donors (Lipinski definition) is 2. The van der Waals surface area contributed by atoms with E-state index in [0.29, 0.717) is 6.42 Å². The molecular weight excluding hydrogens is 212 g/mol. The SMILES string of the molecule is OCCC(c1ccccc1)C1(O)CCCCC1. The summed E-state index contributed by atoms with van der Waals surface area (Å²) in [5.74, 6) is 0.0778. The Morgan fingerprint density at radius 2 is 1.71 bits per heavy atom. The Balaban J connectivity index is 2.22. The molecule has 94 valence electrons. The summed E-state index contributed by atoms with van der Waals surface area (Å²) in [5, 5.41) is 20.0. The molecule has 0 saturated heterocycles. The number of aliphatic hydroxyl groups excluding tert-OH is 1. The van der Waals surface area contributed by atoms with Gasteiger partial charge in [-0.05, 0) is 24.8 Å². The highest BCUT2D eigenvalue weighted by Crippen LogP contribution is 2.41. The first-order valence-corrected chi connectivity index (χ1v) is 6.64. The Bertz CT molecular complexity index is 328. The highest BCUT2D eigenvalue weighted by Gasteiger charge is 2.38. The van der Waals surface area contributed by atoms with Gasteiger partial charge in [-0.3, -0.25) is 0 Å². The quantitative estimate of drug-likeness (QED) is 0.841. The first kappa shape index (κ1) is 12.6. The van der Waals surface area contributed by atoms with Crippen LogP contribution in [0, 0.1) is 0 Å². The second-order valence-electron chi connectivity index (χ2n) is 5.14. The van der Waals surface area contributed by atoms with Gasteiger partial charge < -0.3 is 10.2 Å². The minimum Gasteiger partial charge on any atom is -0.396 e. The second-order valence-corrected chi connectivity index (χ2v) is 5.14. The van der Waals surface area contributed by atoms with E-state index in [1.807, 2.05) is 18.2 Å². The molecule has 1 aromatic carbocycles. The normalized spacial score (nSPS) is 21.1. The van der Waals surface area contributed by atoms with Crippen molar-refractivity contribution >= 4 is 0 Å². The van der Waals surface area contributed by atoms with Crippen LogP contribution in [-0.4, -0.2) is 22.4 Å². The number of benzene rings is 1. The van der Waals surface area contributed by atoms with E-state index < -0.39 is 5.60 Å². The van der Waals surface area contributed by atoms with Crippen molar-refractivity contribution in [1.29, 1.82) is 0 Å². The summed E-state index contributed by atoms with van der Waals surface area (Å²) < 4.78 is 0. The molecule has 0 radical (unpaired) electrons. The first-order valence-electron chi connectivity index (χ1n) is 6.64. The molecular formula is C15H22O2. The third-order valence-corrected chi connectivity index (χ3v) is 3.99. The zero-order valence-corrected chi connectivity index (χ0v) is 10.3. The maximum Gasteiger partial charge on any atom is 0.0716 e. The Morgan fingerprint density at radius 1 is 1.06 bits per heavy atom. The lowest BCUT2D eigenvalue weighted by Crippen LogP contribution is -2.38. The summed E-state index contributed by atoms with van der Waals surface area (Å²) >= 11 is 0. The fraction of sp³-hybridized carbons (Fsp3) is 0.600. The molecule has 0 aliphatic heterocycles. The Kier molecular flexibility index (Phi) is 4.19. The van der Waals surface area contributed by atoms with Crippen LogP contribution in [0.3, 0.4) is 0 Å². The molecule has 2 rings (SSSR count). The molecule has 1 atom stereocenters. The molecule has 0 heterocycles. The van der Waals surface area contributed by atoms with E-state index in [2.05, 4.69) is 12.1 Å². The van der Waals surface area contributed by atoms with Gasteiger partial charge in [-0.25, -0.2) is 0 Å². The third kappa shape index (κ3) is 2.88. The van der Waals surface area contributed by atoms with Crippen molar-refractivity contribution in [2.75, 3.05) is 6.61 Å². The lowest BCUT2D eigenvalue weighted by molar-refractivity contribution is -0.0278. The summed E-state index contributed by atoms with van der Waals surface area (Å²) in [4.78, 5) is 0. The molecule has 0 bridgehead atoms. The number of rotatable bonds is 4. The Labute approximate surface area is 103 Å². The second kappa shape index (κ2) is 5.65. The van der Waals surface area contributed by atoms with Crippen LogP contribution in [0.2, 0.25) is 0 Å². The number of aliphatic hydroxyl groups is 2. The molecule has 1 unspecified atom stereocenters. The summed E-state index contributed by atoms with van der Waals surface area (Å²) in [5.41, 5.74) is 0.549. The fourth-order valence-corrected chi connectivity index (χ4v) is 3.07. The van der Waals surface area contributed by atoms with Crippen LogP contribution in [0.15, 0.2) is 30.3 Å². The van der Waals surface area contributed by atoms with E-state index in [9.17, 15) is 10.2 Å². The zero-order valence-electron chi connectivity index (χ0n) is 10.3. The molecule has 2 heteroatoms. The summed E-state index contributed by atoms with van der Waals surface area (Å²) in [6.45, 7) is 0.141. The van der Waals surface area contributed by atoms with Crippen molar-refractivity contribution < 1.29 is 10.2 Å². The van der Waals surface area contributed by atoms with E-state index in [0.717, 1.165) is 31.2 Å². The van der Waals surface area contributed by atoms with E-state index in [4.69, 9.17) is 0 Å². The van der Waals surface area contributed by atoms with Gasteiger partial charge >= 0.3 is 0 Å². The van der Waals surface area contributed by atoms with Crippen LogP contribution in [0.5, 0.6) is 0 Å². The van der Waals surface area contributed by atoms with Crippen LogP contribution in [0.4, 0.5) is 0 Å². The summed E-state index contributed by atoms with van der Waals surface area (Å²) in [7, 11) is 0. The van der Waals surface area contributed by atoms with Gasteiger partial charge in [-0.1, -0.05) is 49.6 Å². The van der Waals surface area contributed by atoms with Crippen molar-refractivity contribution in [3.05, 3.63) is 35.9 Å². The van der Waals surface area contributed by atoms with Gasteiger partial charge in [0.1, 0.15) is 0 Å². The van der Waals surface area contributed by atoms with Crippen molar-refractivity contribution in [1.82, 2.24) is 0 Å². The van der Waals surface area contributed by atoms with Gasteiger partial charge in [0.15, 0.2) is 0 Å². The van der Waals surface area contributed by atoms with Crippen LogP contribution >= 0.6 is 0 Å². The summed E-state index contributed by atoms with van der Waals surface area (Å²) in [6.07, 6.45) is 5.82. The van der Waals surface area contributed by atoms with Gasteiger partial charge in [0.2, 0.25) is 0 Å². The van der Waals surface area contributed by atoms with Crippen molar-refractivity contribution in [3.8, 4) is 0 Å². The molecule has 2 N–H and O–H groups in total. The lowest BCUT2D eigenvalue weighted by atomic mass is 9.71. The van der Waals surface area contributed by atoms with Gasteiger partial charge in [-0.15, -0.1) is 0 Å². The van der Waals surface area contributed by atoms with Gasteiger partial charge in [0, 0.05) is 12.5 Å². The van der Waals surface area contributed by atoms with Crippen LogP contribution in [0.25, 0.3) is 0 Å². The molecule has 2 nitrogen and oxygen atoms in total. The maximum absolute atomic E-state index is 10.8. The Hall–Kier alpha value is -0.860. The van der Waals surface area contributed by atoms with Crippen molar-refractivity contribution in [3.63, 3.8) is 0 Å². The smallest absolute Gasteiger partial charge is 0.0716 e.